The van der Waals surface area contributed by atoms with Gasteiger partial charge >= 0.3 is 0 Å². The molecule has 1 fully saturated rings. The predicted molar refractivity (Wildman–Crippen MR) is 94.6 cm³/mol. The third-order valence-electron chi connectivity index (χ3n) is 4.02. The smallest absolute Gasteiger partial charge is 0.239 e. The van der Waals surface area contributed by atoms with E-state index in [1.54, 1.807) is 0 Å². The third-order valence-corrected chi connectivity index (χ3v) is 4.02. The van der Waals surface area contributed by atoms with E-state index in [9.17, 15) is 9.59 Å². The van der Waals surface area contributed by atoms with Gasteiger partial charge in [0.15, 0.2) is 0 Å². The average molecular weight is 344 g/mol. The van der Waals surface area contributed by atoms with Crippen LogP contribution < -0.4 is 16.0 Å². The fourth-order valence-electron chi connectivity index (χ4n) is 2.73. The van der Waals surface area contributed by atoms with Crippen LogP contribution in [0.2, 0.25) is 0 Å². The SMILES string of the molecule is CC(C)CNC(=O)[C@H]1N[C@@H](Cc2ccccc2)C(=O)N[C@H]1CN=[N+]=[N-]. The van der Waals surface area contributed by atoms with Gasteiger partial charge < -0.3 is 10.6 Å². The fourth-order valence-corrected chi connectivity index (χ4v) is 2.73. The molecule has 0 aliphatic carbocycles. The van der Waals surface area contributed by atoms with E-state index in [1.807, 2.05) is 44.2 Å². The Hall–Kier alpha value is -2.57. The highest BCUT2D eigenvalue weighted by atomic mass is 16.2. The van der Waals surface area contributed by atoms with E-state index >= 15 is 0 Å². The third kappa shape index (κ3) is 5.48. The Morgan fingerprint density at radius 2 is 2.08 bits per heavy atom. The Labute approximate surface area is 147 Å². The Morgan fingerprint density at radius 3 is 2.72 bits per heavy atom. The topological polar surface area (TPSA) is 119 Å². The summed E-state index contributed by atoms with van der Waals surface area (Å²) in [4.78, 5) is 27.6. The molecule has 1 heterocycles. The molecule has 2 rings (SSSR count). The number of nitrogens with one attached hydrogen (secondary N) is 3. The van der Waals surface area contributed by atoms with Crippen LogP contribution in [0.4, 0.5) is 0 Å². The summed E-state index contributed by atoms with van der Waals surface area (Å²) in [5.41, 5.74) is 9.54. The van der Waals surface area contributed by atoms with Gasteiger partial charge in [-0.1, -0.05) is 49.3 Å². The van der Waals surface area contributed by atoms with Gasteiger partial charge in [0.1, 0.15) is 6.04 Å². The van der Waals surface area contributed by atoms with Crippen LogP contribution in [0, 0.1) is 5.92 Å². The second kappa shape index (κ2) is 9.05. The zero-order valence-corrected chi connectivity index (χ0v) is 14.5. The maximum Gasteiger partial charge on any atom is 0.239 e. The van der Waals surface area contributed by atoms with Gasteiger partial charge in [0.2, 0.25) is 11.8 Å². The molecule has 1 aliphatic rings. The highest BCUT2D eigenvalue weighted by Crippen LogP contribution is 2.11. The highest BCUT2D eigenvalue weighted by Gasteiger charge is 2.38. The minimum atomic E-state index is -0.643. The van der Waals surface area contributed by atoms with Crippen molar-refractivity contribution < 1.29 is 9.59 Å². The molecule has 0 unspecified atom stereocenters. The Balaban J connectivity index is 2.10. The molecule has 1 aromatic rings. The molecule has 0 radical (unpaired) electrons. The molecule has 0 bridgehead atoms. The number of carbonyl (C=O) groups excluding carboxylic acids is 2. The van der Waals surface area contributed by atoms with Crippen LogP contribution in [-0.4, -0.2) is 43.0 Å². The summed E-state index contributed by atoms with van der Waals surface area (Å²) in [5, 5.41) is 12.3. The molecule has 1 aliphatic heterocycles. The number of hydrogen-bond donors (Lipinski definition) is 3. The second-order valence-corrected chi connectivity index (χ2v) is 6.55. The predicted octanol–water partition coefficient (Wildman–Crippen LogP) is 1.14. The molecule has 134 valence electrons. The number of amides is 2. The minimum absolute atomic E-state index is 0.0209. The molecule has 0 spiro atoms. The number of hydrogen-bond acceptors (Lipinski definition) is 4. The summed E-state index contributed by atoms with van der Waals surface area (Å²) in [6.45, 7) is 4.58. The fraction of sp³-hybridized carbons (Fsp3) is 0.529. The molecule has 0 aromatic heterocycles. The zero-order valence-electron chi connectivity index (χ0n) is 14.5. The lowest BCUT2D eigenvalue weighted by atomic mass is 9.97. The molecule has 8 nitrogen and oxygen atoms in total. The Morgan fingerprint density at radius 1 is 1.36 bits per heavy atom. The first-order valence-corrected chi connectivity index (χ1v) is 8.40. The van der Waals surface area contributed by atoms with Crippen LogP contribution in [0.5, 0.6) is 0 Å². The first-order chi connectivity index (χ1) is 12.0. The van der Waals surface area contributed by atoms with Gasteiger partial charge in [-0.15, -0.1) is 0 Å². The molecule has 3 N–H and O–H groups in total. The number of rotatable bonds is 7. The van der Waals surface area contributed by atoms with Gasteiger partial charge in [0.05, 0.1) is 12.1 Å². The molecule has 8 heteroatoms. The van der Waals surface area contributed by atoms with E-state index in [1.165, 1.54) is 0 Å². The zero-order chi connectivity index (χ0) is 18.2. The Kier molecular flexibility index (Phi) is 6.80. The van der Waals surface area contributed by atoms with Gasteiger partial charge in [-0.05, 0) is 23.4 Å². The van der Waals surface area contributed by atoms with Crippen LogP contribution in [-0.2, 0) is 16.0 Å². The standard InChI is InChI=1S/C17H24N6O2/c1-11(2)9-19-17(25)15-14(10-20-23-18)22-16(24)13(21-15)8-12-6-4-3-5-7-12/h3-7,11,13-15,21H,8-10H2,1-2H3,(H,19,25)(H,22,24)/t13-,14-,15-/m0/s1. The largest absolute Gasteiger partial charge is 0.354 e. The van der Waals surface area contributed by atoms with E-state index in [4.69, 9.17) is 5.53 Å². The molecular weight excluding hydrogens is 320 g/mol. The van der Waals surface area contributed by atoms with Crippen molar-refractivity contribution in [2.45, 2.75) is 38.4 Å². The normalized spacial score (nSPS) is 22.8. The van der Waals surface area contributed by atoms with Crippen molar-refractivity contribution in [3.05, 3.63) is 46.3 Å². The van der Waals surface area contributed by atoms with E-state index in [-0.39, 0.29) is 18.4 Å². The first kappa shape index (κ1) is 18.8. The van der Waals surface area contributed by atoms with Crippen LogP contribution >= 0.6 is 0 Å². The van der Waals surface area contributed by atoms with Crippen molar-refractivity contribution in [2.75, 3.05) is 13.1 Å². The van der Waals surface area contributed by atoms with Crippen molar-refractivity contribution in [1.82, 2.24) is 16.0 Å². The average Bonchev–Trinajstić information content (AvgIpc) is 2.60. The highest BCUT2D eigenvalue weighted by molar-refractivity contribution is 5.89. The maximum absolute atomic E-state index is 12.5. The summed E-state index contributed by atoms with van der Waals surface area (Å²) in [6, 6.07) is 7.89. The second-order valence-electron chi connectivity index (χ2n) is 6.55. The van der Waals surface area contributed by atoms with Gasteiger partial charge in [0, 0.05) is 18.0 Å². The van der Waals surface area contributed by atoms with Crippen LogP contribution in [0.3, 0.4) is 0 Å². The lowest BCUT2D eigenvalue weighted by molar-refractivity contribution is -0.131. The van der Waals surface area contributed by atoms with Gasteiger partial charge in [-0.25, -0.2) is 0 Å². The van der Waals surface area contributed by atoms with Crippen LogP contribution in [0.25, 0.3) is 10.4 Å². The molecular formula is C17H24N6O2. The quantitative estimate of drug-likeness (QED) is 0.391. The number of carbonyl (C=O) groups is 2. The molecule has 25 heavy (non-hydrogen) atoms. The van der Waals surface area contributed by atoms with E-state index < -0.39 is 18.1 Å². The van der Waals surface area contributed by atoms with E-state index in [2.05, 4.69) is 26.0 Å². The van der Waals surface area contributed by atoms with Crippen molar-refractivity contribution in [2.24, 2.45) is 11.0 Å². The maximum atomic E-state index is 12.5. The van der Waals surface area contributed by atoms with Crippen molar-refractivity contribution in [3.8, 4) is 0 Å². The summed E-state index contributed by atoms with van der Waals surface area (Å²) >= 11 is 0. The summed E-state index contributed by atoms with van der Waals surface area (Å²) in [7, 11) is 0. The van der Waals surface area contributed by atoms with Crippen LogP contribution in [0.15, 0.2) is 35.4 Å². The molecule has 1 aromatic carbocycles. The van der Waals surface area contributed by atoms with Crippen LogP contribution in [0.1, 0.15) is 19.4 Å². The van der Waals surface area contributed by atoms with Gasteiger partial charge in [0.25, 0.3) is 0 Å². The van der Waals surface area contributed by atoms with E-state index in [0.29, 0.717) is 18.9 Å². The van der Waals surface area contributed by atoms with Gasteiger partial charge in [-0.3, -0.25) is 14.9 Å². The summed E-state index contributed by atoms with van der Waals surface area (Å²) < 4.78 is 0. The molecule has 1 saturated heterocycles. The summed E-state index contributed by atoms with van der Waals surface area (Å²) in [5.74, 6) is -0.0855. The molecule has 3 atom stereocenters. The summed E-state index contributed by atoms with van der Waals surface area (Å²) in [6.07, 6.45) is 0.481. The van der Waals surface area contributed by atoms with Crippen molar-refractivity contribution in [1.29, 1.82) is 0 Å². The lowest BCUT2D eigenvalue weighted by Crippen LogP contribution is -2.69. The van der Waals surface area contributed by atoms with Gasteiger partial charge in [-0.2, -0.15) is 0 Å². The molecule has 2 amide bonds. The first-order valence-electron chi connectivity index (χ1n) is 8.40. The van der Waals surface area contributed by atoms with E-state index in [0.717, 1.165) is 5.56 Å². The number of nitrogens with zero attached hydrogens (tertiary/aromatic N) is 3. The van der Waals surface area contributed by atoms with Crippen molar-refractivity contribution in [3.63, 3.8) is 0 Å². The van der Waals surface area contributed by atoms with Crippen molar-refractivity contribution >= 4 is 11.8 Å². The number of azide groups is 1. The molecule has 0 saturated carbocycles. The monoisotopic (exact) mass is 344 g/mol. The number of piperazine rings is 1. The number of benzene rings is 1. The minimum Gasteiger partial charge on any atom is -0.354 e. The Bertz CT molecular complexity index is 642. The lowest BCUT2D eigenvalue weighted by Gasteiger charge is -2.36.